The highest BCUT2D eigenvalue weighted by molar-refractivity contribution is 5.99. The molecule has 0 bridgehead atoms. The summed E-state index contributed by atoms with van der Waals surface area (Å²) in [5.74, 6) is 0.133. The molecule has 0 radical (unpaired) electrons. The van der Waals surface area contributed by atoms with Crippen LogP contribution in [0.5, 0.6) is 0 Å². The molecule has 1 amide bonds. The van der Waals surface area contributed by atoms with Crippen LogP contribution in [-0.4, -0.2) is 101 Å². The average molecular weight is 766 g/mol. The molecule has 2 aliphatic heterocycles. The van der Waals surface area contributed by atoms with E-state index in [4.69, 9.17) is 4.98 Å². The van der Waals surface area contributed by atoms with Crippen LogP contribution in [0.2, 0.25) is 0 Å². The summed E-state index contributed by atoms with van der Waals surface area (Å²) in [7, 11) is 1.61. The number of aldehydes is 1. The molecular weight excluding hydrogens is 714 g/mol. The minimum absolute atomic E-state index is 0.000355. The fourth-order valence-electron chi connectivity index (χ4n) is 8.76. The van der Waals surface area contributed by atoms with Crippen LogP contribution in [0.4, 0.5) is 27.5 Å². The third-order valence-electron chi connectivity index (χ3n) is 11.9. The van der Waals surface area contributed by atoms with Gasteiger partial charge < -0.3 is 25.2 Å². The molecule has 1 unspecified atom stereocenters. The predicted molar refractivity (Wildman–Crippen MR) is 216 cm³/mol. The Morgan fingerprint density at radius 3 is 2.38 bits per heavy atom. The van der Waals surface area contributed by atoms with E-state index < -0.39 is 11.6 Å². The molecule has 7 rings (SSSR count). The number of anilines is 4. The zero-order valence-corrected chi connectivity index (χ0v) is 32.6. The number of nitrogens with zero attached hydrogens (tertiary/aromatic N) is 7. The predicted octanol–water partition coefficient (Wildman–Crippen LogP) is 5.50. The summed E-state index contributed by atoms with van der Waals surface area (Å²) in [6.45, 7) is 7.81. The van der Waals surface area contributed by atoms with Crippen LogP contribution in [0, 0.1) is 6.92 Å². The van der Waals surface area contributed by atoms with Crippen LogP contribution in [0.3, 0.4) is 0 Å². The van der Waals surface area contributed by atoms with E-state index in [0.29, 0.717) is 73.7 Å². The Labute approximate surface area is 326 Å². The molecule has 4 aromatic rings. The van der Waals surface area contributed by atoms with Crippen molar-refractivity contribution >= 4 is 52.2 Å². The number of amides is 1. The lowest BCUT2D eigenvalue weighted by atomic mass is 9.90. The van der Waals surface area contributed by atoms with Crippen LogP contribution in [0.15, 0.2) is 53.6 Å². The van der Waals surface area contributed by atoms with Crippen molar-refractivity contribution in [3.05, 3.63) is 75.8 Å². The Hall–Kier alpha value is -5.24. The van der Waals surface area contributed by atoms with Gasteiger partial charge in [-0.25, -0.2) is 14.4 Å². The average Bonchev–Trinajstić information content (AvgIpc) is 3.73. The number of pyridine rings is 2. The quantitative estimate of drug-likeness (QED) is 0.132. The number of Topliss-reactive ketones (excluding diaryl/α,β-unsaturated/α-hetero) is 1. The highest BCUT2D eigenvalue weighted by Crippen LogP contribution is 2.34. The second-order valence-electron chi connectivity index (χ2n) is 15.5. The second-order valence-corrected chi connectivity index (χ2v) is 15.5. The number of nitrogens with one attached hydrogen (secondary N) is 2. The van der Waals surface area contributed by atoms with Gasteiger partial charge in [-0.2, -0.15) is 4.98 Å². The van der Waals surface area contributed by atoms with Gasteiger partial charge in [0.15, 0.2) is 5.78 Å². The van der Waals surface area contributed by atoms with Crippen molar-refractivity contribution in [1.82, 2.24) is 29.7 Å². The molecule has 1 aliphatic carbocycles. The number of ketones is 1. The van der Waals surface area contributed by atoms with Crippen molar-refractivity contribution in [2.24, 2.45) is 0 Å². The largest absolute Gasteiger partial charge is 0.371 e. The Bertz CT molecular complexity index is 2120. The molecular formula is C42H52FN9O4. The molecule has 1 atom stereocenters. The number of halogens is 1. The number of piperidine rings is 1. The lowest BCUT2D eigenvalue weighted by molar-refractivity contribution is -0.122. The molecule has 3 fully saturated rings. The van der Waals surface area contributed by atoms with Gasteiger partial charge in [-0.3, -0.25) is 23.9 Å². The second kappa shape index (κ2) is 16.9. The summed E-state index contributed by atoms with van der Waals surface area (Å²) in [6.07, 6.45) is 9.77. The van der Waals surface area contributed by atoms with E-state index in [1.807, 2.05) is 42.6 Å². The molecule has 1 saturated carbocycles. The molecule has 56 heavy (non-hydrogen) atoms. The number of piperazine rings is 1. The zero-order valence-electron chi connectivity index (χ0n) is 32.6. The maximum atomic E-state index is 16.2. The zero-order chi connectivity index (χ0) is 39.4. The summed E-state index contributed by atoms with van der Waals surface area (Å²) in [6, 6.07) is 11.8. The number of likely N-dealkylation sites (N-methyl/N-ethyl adjacent to an activating group) is 1. The fraction of sp³-hybridized carbons (Fsp3) is 0.500. The number of carbonyl (C=O) groups excluding carboxylic acids is 3. The smallest absolute Gasteiger partial charge is 0.263 e. The van der Waals surface area contributed by atoms with Gasteiger partial charge >= 0.3 is 0 Å². The Kier molecular flexibility index (Phi) is 11.7. The maximum Gasteiger partial charge on any atom is 0.263 e. The van der Waals surface area contributed by atoms with Gasteiger partial charge in [0.1, 0.15) is 23.4 Å². The van der Waals surface area contributed by atoms with Gasteiger partial charge in [-0.15, -0.1) is 0 Å². The van der Waals surface area contributed by atoms with Crippen LogP contribution < -0.4 is 26.0 Å². The molecule has 2 saturated heterocycles. The van der Waals surface area contributed by atoms with E-state index >= 15 is 4.39 Å². The van der Waals surface area contributed by atoms with Gasteiger partial charge in [0.2, 0.25) is 11.9 Å². The number of hydrogen-bond acceptors (Lipinski definition) is 11. The first-order valence-electron chi connectivity index (χ1n) is 19.9. The third-order valence-corrected chi connectivity index (χ3v) is 11.9. The van der Waals surface area contributed by atoms with Crippen molar-refractivity contribution in [2.45, 2.75) is 82.8 Å². The van der Waals surface area contributed by atoms with E-state index in [-0.39, 0.29) is 28.9 Å². The summed E-state index contributed by atoms with van der Waals surface area (Å²) in [5, 5.41) is 6.60. The summed E-state index contributed by atoms with van der Waals surface area (Å²) in [5.41, 5.74) is 2.61. The van der Waals surface area contributed by atoms with Gasteiger partial charge in [0.25, 0.3) is 5.56 Å². The van der Waals surface area contributed by atoms with Crippen molar-refractivity contribution < 1.29 is 18.8 Å². The molecule has 2 N–H and O–H groups in total. The molecule has 14 heteroatoms. The van der Waals surface area contributed by atoms with Crippen LogP contribution in [0.25, 0.3) is 11.0 Å². The number of benzene rings is 1. The fourth-order valence-corrected chi connectivity index (χ4v) is 8.76. The van der Waals surface area contributed by atoms with Crippen molar-refractivity contribution in [3.8, 4) is 0 Å². The van der Waals surface area contributed by atoms with E-state index in [1.54, 1.807) is 24.7 Å². The summed E-state index contributed by atoms with van der Waals surface area (Å²) in [4.78, 5) is 70.2. The van der Waals surface area contributed by atoms with Crippen LogP contribution in [0.1, 0.15) is 91.7 Å². The number of hydrogen-bond donors (Lipinski definition) is 2. The van der Waals surface area contributed by atoms with E-state index in [9.17, 15) is 19.2 Å². The van der Waals surface area contributed by atoms with Gasteiger partial charge in [-0.1, -0.05) is 25.0 Å². The van der Waals surface area contributed by atoms with E-state index in [1.165, 1.54) is 6.92 Å². The Balaban J connectivity index is 0.936. The lowest BCUT2D eigenvalue weighted by Gasteiger charge is -2.43. The van der Waals surface area contributed by atoms with Crippen LogP contribution >= 0.6 is 0 Å². The molecule has 5 heterocycles. The normalized spacial score (nSPS) is 18.2. The monoisotopic (exact) mass is 765 g/mol. The summed E-state index contributed by atoms with van der Waals surface area (Å²) >= 11 is 0. The highest BCUT2D eigenvalue weighted by Gasteiger charge is 2.37. The Morgan fingerprint density at radius 1 is 0.982 bits per heavy atom. The maximum absolute atomic E-state index is 16.2. The third kappa shape index (κ3) is 8.30. The van der Waals surface area contributed by atoms with Gasteiger partial charge in [0, 0.05) is 95.4 Å². The molecule has 0 spiro atoms. The van der Waals surface area contributed by atoms with Crippen LogP contribution in [-0.2, 0) is 9.59 Å². The first kappa shape index (κ1) is 39.0. The minimum Gasteiger partial charge on any atom is -0.371 e. The number of aromatic nitrogens is 4. The molecule has 3 aliphatic rings. The topological polar surface area (TPSA) is 146 Å². The first-order chi connectivity index (χ1) is 27.1. The number of rotatable bonds is 13. The van der Waals surface area contributed by atoms with Gasteiger partial charge in [-0.05, 0) is 68.5 Å². The van der Waals surface area contributed by atoms with E-state index in [0.717, 1.165) is 75.1 Å². The molecule has 3 aromatic heterocycles. The van der Waals surface area contributed by atoms with Crippen molar-refractivity contribution in [2.75, 3.05) is 68.0 Å². The lowest BCUT2D eigenvalue weighted by Crippen LogP contribution is -2.53. The number of fused-ring (bicyclic) bond motifs is 1. The van der Waals surface area contributed by atoms with Gasteiger partial charge in [0.05, 0.1) is 23.4 Å². The number of alkyl halides is 1. The first-order valence-corrected chi connectivity index (χ1v) is 19.9. The standard InChI is InChI=1S/C42H52FN9O4/c1-28-35-26-46-41(48-38(35)52(31-9-4-5-10-31)40(56)37(28)29(2)54)47-36-14-13-33(25-45-36)51-21-19-49(20-22-51)27-42(43)15-17-50(18-16-42)32-11-6-8-30(24-32)34(12-7-23-53)39(55)44-3/h6,8,11,13-14,23-26,31,34H,4-5,7,9-10,12,15-22,27H2,1-3H3,(H,44,55)(H,45,46,47,48). The minimum atomic E-state index is -1.27. The molecule has 13 nitrogen and oxygen atoms in total. The summed E-state index contributed by atoms with van der Waals surface area (Å²) < 4.78 is 17.9. The molecule has 296 valence electrons. The van der Waals surface area contributed by atoms with Crippen molar-refractivity contribution in [3.63, 3.8) is 0 Å². The molecule has 1 aromatic carbocycles. The highest BCUT2D eigenvalue weighted by atomic mass is 19.1. The van der Waals surface area contributed by atoms with E-state index in [2.05, 4.69) is 35.3 Å². The Morgan fingerprint density at radius 2 is 1.71 bits per heavy atom. The number of carbonyl (C=O) groups is 3. The number of aryl methyl sites for hydroxylation is 1. The SMILES string of the molecule is CNC(=O)C(CCC=O)c1cccc(N2CCC(F)(CN3CCN(c4ccc(Nc5ncc6c(C)c(C(C)=O)c(=O)n(C7CCCC7)c6n5)nc4)CC3)CC2)c1. The van der Waals surface area contributed by atoms with Crippen molar-refractivity contribution in [1.29, 1.82) is 0 Å².